The van der Waals surface area contributed by atoms with Gasteiger partial charge in [-0.15, -0.1) is 0 Å². The monoisotopic (exact) mass is 331 g/mol. The van der Waals surface area contributed by atoms with E-state index in [1.165, 1.54) is 44.7 Å². The molecule has 0 aromatic heterocycles. The maximum Gasteiger partial charge on any atom is 0.308 e. The first-order valence-electron chi connectivity index (χ1n) is 9.47. The molecule has 1 aromatic rings. The summed E-state index contributed by atoms with van der Waals surface area (Å²) < 4.78 is 5.27. The van der Waals surface area contributed by atoms with Gasteiger partial charge in [-0.05, 0) is 55.0 Å². The lowest BCUT2D eigenvalue weighted by atomic mass is 9.68. The van der Waals surface area contributed by atoms with Gasteiger partial charge in [0, 0.05) is 13.5 Å². The minimum atomic E-state index is -0.257. The molecule has 0 aliphatic carbocycles. The van der Waals surface area contributed by atoms with E-state index >= 15 is 0 Å². The number of ether oxygens (including phenoxy) is 1. The number of carbonyl (C=O) groups is 1. The van der Waals surface area contributed by atoms with E-state index in [1.54, 1.807) is 0 Å². The van der Waals surface area contributed by atoms with Gasteiger partial charge in [0.1, 0.15) is 5.75 Å². The fraction of sp³-hybridized carbons (Fsp3) is 0.667. The van der Waals surface area contributed by atoms with E-state index in [-0.39, 0.29) is 11.4 Å². The molecule has 2 atom stereocenters. The smallest absolute Gasteiger partial charge is 0.308 e. The molecule has 1 saturated heterocycles. The highest BCUT2D eigenvalue weighted by Crippen LogP contribution is 2.40. The Kier molecular flexibility index (Phi) is 6.85. The van der Waals surface area contributed by atoms with Crippen molar-refractivity contribution < 1.29 is 9.53 Å². The van der Waals surface area contributed by atoms with Crippen LogP contribution in [0.1, 0.15) is 65.4 Å². The van der Waals surface area contributed by atoms with Gasteiger partial charge in [-0.25, -0.2) is 0 Å². The second kappa shape index (κ2) is 8.66. The summed E-state index contributed by atoms with van der Waals surface area (Å²) in [6.45, 7) is 12.0. The van der Waals surface area contributed by atoms with Crippen molar-refractivity contribution in [1.29, 1.82) is 0 Å². The number of rotatable bonds is 7. The standard InChI is InChI=1S/C21H33NO2/c1-5-6-7-8-13-22-14-12-21(4,17(2)16-22)19-10-9-11-20(15-19)24-18(3)23/h9-11,15,17H,5-8,12-14,16H2,1-4H3/t17-,21+/m0/s1. The minimum Gasteiger partial charge on any atom is -0.427 e. The van der Waals surface area contributed by atoms with Gasteiger partial charge in [0.2, 0.25) is 0 Å². The number of likely N-dealkylation sites (tertiary alicyclic amines) is 1. The molecule has 2 rings (SSSR count). The third-order valence-electron chi connectivity index (χ3n) is 5.65. The van der Waals surface area contributed by atoms with Crippen LogP contribution in [0.4, 0.5) is 0 Å². The van der Waals surface area contributed by atoms with Crippen LogP contribution in [0.25, 0.3) is 0 Å². The first-order valence-corrected chi connectivity index (χ1v) is 9.47. The highest BCUT2D eigenvalue weighted by Gasteiger charge is 2.37. The summed E-state index contributed by atoms with van der Waals surface area (Å²) in [4.78, 5) is 13.8. The molecule has 24 heavy (non-hydrogen) atoms. The third kappa shape index (κ3) is 4.83. The number of benzene rings is 1. The van der Waals surface area contributed by atoms with E-state index in [2.05, 4.69) is 37.8 Å². The summed E-state index contributed by atoms with van der Waals surface area (Å²) in [5.41, 5.74) is 1.44. The molecule has 0 N–H and O–H groups in total. The van der Waals surface area contributed by atoms with Crippen molar-refractivity contribution in [2.75, 3.05) is 19.6 Å². The van der Waals surface area contributed by atoms with Crippen LogP contribution in [0.5, 0.6) is 5.75 Å². The summed E-state index contributed by atoms with van der Waals surface area (Å²) in [6.07, 6.45) is 6.48. The summed E-state index contributed by atoms with van der Waals surface area (Å²) in [5, 5.41) is 0. The van der Waals surface area contributed by atoms with Crippen LogP contribution in [0.2, 0.25) is 0 Å². The maximum absolute atomic E-state index is 11.2. The van der Waals surface area contributed by atoms with Gasteiger partial charge in [-0.3, -0.25) is 4.79 Å². The van der Waals surface area contributed by atoms with E-state index in [4.69, 9.17) is 4.74 Å². The Morgan fingerprint density at radius 3 is 2.79 bits per heavy atom. The van der Waals surface area contributed by atoms with E-state index in [0.29, 0.717) is 11.7 Å². The van der Waals surface area contributed by atoms with Crippen molar-refractivity contribution in [2.45, 2.75) is 65.2 Å². The molecule has 0 radical (unpaired) electrons. The molecule has 1 heterocycles. The van der Waals surface area contributed by atoms with Gasteiger partial charge in [0.05, 0.1) is 0 Å². The van der Waals surface area contributed by atoms with Crippen molar-refractivity contribution in [3.05, 3.63) is 29.8 Å². The van der Waals surface area contributed by atoms with E-state index in [9.17, 15) is 4.79 Å². The highest BCUT2D eigenvalue weighted by molar-refractivity contribution is 5.69. The van der Waals surface area contributed by atoms with Crippen molar-refractivity contribution in [1.82, 2.24) is 4.90 Å². The highest BCUT2D eigenvalue weighted by atomic mass is 16.5. The topological polar surface area (TPSA) is 29.5 Å². The van der Waals surface area contributed by atoms with Gasteiger partial charge >= 0.3 is 5.97 Å². The van der Waals surface area contributed by atoms with Crippen LogP contribution in [0.15, 0.2) is 24.3 Å². The van der Waals surface area contributed by atoms with Gasteiger partial charge in [-0.1, -0.05) is 52.2 Å². The molecular formula is C21H33NO2. The van der Waals surface area contributed by atoms with Crippen LogP contribution in [-0.2, 0) is 10.2 Å². The molecule has 3 heteroatoms. The fourth-order valence-electron chi connectivity index (χ4n) is 3.79. The van der Waals surface area contributed by atoms with Crippen molar-refractivity contribution >= 4 is 5.97 Å². The first kappa shape index (κ1) is 19.0. The van der Waals surface area contributed by atoms with Gasteiger partial charge < -0.3 is 9.64 Å². The zero-order valence-corrected chi connectivity index (χ0v) is 15.8. The second-order valence-corrected chi connectivity index (χ2v) is 7.55. The number of carbonyl (C=O) groups excluding carboxylic acids is 1. The Hall–Kier alpha value is -1.35. The third-order valence-corrected chi connectivity index (χ3v) is 5.65. The molecule has 0 unspecified atom stereocenters. The molecule has 1 fully saturated rings. The van der Waals surface area contributed by atoms with Crippen molar-refractivity contribution in [2.24, 2.45) is 5.92 Å². The number of unbranched alkanes of at least 4 members (excludes halogenated alkanes) is 3. The Balaban J connectivity index is 1.99. The summed E-state index contributed by atoms with van der Waals surface area (Å²) in [7, 11) is 0. The molecule has 134 valence electrons. The lowest BCUT2D eigenvalue weighted by Gasteiger charge is -2.45. The molecule has 1 aromatic carbocycles. The average Bonchev–Trinajstić information content (AvgIpc) is 2.54. The number of hydrogen-bond acceptors (Lipinski definition) is 3. The zero-order chi connectivity index (χ0) is 17.6. The summed E-state index contributed by atoms with van der Waals surface area (Å²) in [6, 6.07) is 8.10. The number of piperidine rings is 1. The minimum absolute atomic E-state index is 0.149. The number of nitrogens with zero attached hydrogens (tertiary/aromatic N) is 1. The molecule has 0 saturated carbocycles. The average molecular weight is 332 g/mol. The Bertz CT molecular complexity index is 542. The fourth-order valence-corrected chi connectivity index (χ4v) is 3.79. The molecule has 0 bridgehead atoms. The predicted molar refractivity (Wildman–Crippen MR) is 99.5 cm³/mol. The molecule has 1 aliphatic rings. The van der Waals surface area contributed by atoms with Crippen LogP contribution in [0.3, 0.4) is 0 Å². The SMILES string of the molecule is CCCCCCN1CC[C@@](C)(c2cccc(OC(C)=O)c2)[C@@H](C)C1. The van der Waals surface area contributed by atoms with Crippen LogP contribution in [0, 0.1) is 5.92 Å². The van der Waals surface area contributed by atoms with Crippen LogP contribution >= 0.6 is 0 Å². The van der Waals surface area contributed by atoms with Crippen LogP contribution < -0.4 is 4.74 Å². The normalized spacial score (nSPS) is 24.8. The number of hydrogen-bond donors (Lipinski definition) is 0. The molecule has 1 aliphatic heterocycles. The van der Waals surface area contributed by atoms with Crippen LogP contribution in [-0.4, -0.2) is 30.5 Å². The molecular weight excluding hydrogens is 298 g/mol. The van der Waals surface area contributed by atoms with Gasteiger partial charge in [-0.2, -0.15) is 0 Å². The van der Waals surface area contributed by atoms with Crippen molar-refractivity contribution in [3.8, 4) is 5.75 Å². The quantitative estimate of drug-likeness (QED) is 0.409. The van der Waals surface area contributed by atoms with Crippen molar-refractivity contribution in [3.63, 3.8) is 0 Å². The van der Waals surface area contributed by atoms with Gasteiger partial charge in [0.15, 0.2) is 0 Å². The Labute approximate surface area is 147 Å². The van der Waals surface area contributed by atoms with E-state index < -0.39 is 0 Å². The lowest BCUT2D eigenvalue weighted by Crippen LogP contribution is -2.47. The zero-order valence-electron chi connectivity index (χ0n) is 15.8. The first-order chi connectivity index (χ1) is 11.5. The molecule has 0 amide bonds. The van der Waals surface area contributed by atoms with Gasteiger partial charge in [0.25, 0.3) is 0 Å². The Morgan fingerprint density at radius 2 is 2.12 bits per heavy atom. The maximum atomic E-state index is 11.2. The lowest BCUT2D eigenvalue weighted by molar-refractivity contribution is -0.131. The second-order valence-electron chi connectivity index (χ2n) is 7.55. The number of esters is 1. The molecule has 3 nitrogen and oxygen atoms in total. The van der Waals surface area contributed by atoms with E-state index in [1.807, 2.05) is 12.1 Å². The summed E-state index contributed by atoms with van der Waals surface area (Å²) in [5.74, 6) is 0.993. The summed E-state index contributed by atoms with van der Waals surface area (Å²) >= 11 is 0. The van der Waals surface area contributed by atoms with E-state index in [0.717, 1.165) is 19.5 Å². The largest absolute Gasteiger partial charge is 0.427 e. The molecule has 0 spiro atoms. The predicted octanol–water partition coefficient (Wildman–Crippen LogP) is 4.79. The Morgan fingerprint density at radius 1 is 1.33 bits per heavy atom.